The van der Waals surface area contributed by atoms with Crippen LogP contribution in [0.2, 0.25) is 0 Å². The van der Waals surface area contributed by atoms with Crippen molar-refractivity contribution in [2.45, 2.75) is 51.2 Å². The molecule has 7 heteroatoms. The Labute approximate surface area is 149 Å². The van der Waals surface area contributed by atoms with Gasteiger partial charge in [-0.25, -0.2) is 4.98 Å². The van der Waals surface area contributed by atoms with Crippen molar-refractivity contribution in [1.82, 2.24) is 14.9 Å². The lowest BCUT2D eigenvalue weighted by Gasteiger charge is -2.17. The topological polar surface area (TPSA) is 64.0 Å². The van der Waals surface area contributed by atoms with E-state index in [1.165, 1.54) is 22.2 Å². The van der Waals surface area contributed by atoms with Crippen molar-refractivity contribution in [2.75, 3.05) is 5.75 Å². The average Bonchev–Trinajstić information content (AvgIpc) is 3.09. The second-order valence-electron chi connectivity index (χ2n) is 6.68. The molecule has 3 rings (SSSR count). The van der Waals surface area contributed by atoms with E-state index in [1.807, 2.05) is 6.92 Å². The fourth-order valence-corrected chi connectivity index (χ4v) is 4.91. The molecule has 0 saturated carbocycles. The van der Waals surface area contributed by atoms with Gasteiger partial charge < -0.3 is 5.32 Å². The van der Waals surface area contributed by atoms with E-state index >= 15 is 0 Å². The third kappa shape index (κ3) is 3.24. The van der Waals surface area contributed by atoms with Crippen LogP contribution in [0.15, 0.2) is 9.95 Å². The van der Waals surface area contributed by atoms with Crippen LogP contribution in [0.1, 0.15) is 37.6 Å². The van der Waals surface area contributed by atoms with Crippen LogP contribution in [-0.4, -0.2) is 27.3 Å². The molecule has 0 fully saturated rings. The maximum absolute atomic E-state index is 12.7. The molecule has 0 saturated heterocycles. The number of nitrogens with one attached hydrogen (secondary N) is 1. The molecule has 24 heavy (non-hydrogen) atoms. The van der Waals surface area contributed by atoms with E-state index in [-0.39, 0.29) is 23.3 Å². The zero-order valence-corrected chi connectivity index (χ0v) is 16.1. The number of nitrogens with zero attached hydrogens (tertiary/aromatic N) is 2. The third-order valence-corrected chi connectivity index (χ3v) is 6.84. The molecule has 0 bridgehead atoms. The highest BCUT2D eigenvalue weighted by Gasteiger charge is 2.22. The second kappa shape index (κ2) is 6.88. The number of carbonyl (C=O) groups is 1. The molecule has 1 amide bonds. The van der Waals surface area contributed by atoms with Gasteiger partial charge in [-0.2, -0.15) is 0 Å². The first-order valence-corrected chi connectivity index (χ1v) is 10.1. The molecule has 1 aliphatic carbocycles. The summed E-state index contributed by atoms with van der Waals surface area (Å²) in [5.74, 6) is 0.643. The molecule has 5 nitrogen and oxygen atoms in total. The van der Waals surface area contributed by atoms with Crippen molar-refractivity contribution in [3.8, 4) is 0 Å². The Kier molecular flexibility index (Phi) is 5.01. The van der Waals surface area contributed by atoms with Crippen molar-refractivity contribution in [1.29, 1.82) is 0 Å². The van der Waals surface area contributed by atoms with E-state index in [0.29, 0.717) is 11.1 Å². The predicted octanol–water partition coefficient (Wildman–Crippen LogP) is 2.74. The number of fused-ring (bicyclic) bond motifs is 3. The van der Waals surface area contributed by atoms with Gasteiger partial charge in [-0.15, -0.1) is 11.3 Å². The third-order valence-electron chi connectivity index (χ3n) is 4.63. The number of rotatable bonds is 5. The van der Waals surface area contributed by atoms with Gasteiger partial charge in [0.15, 0.2) is 5.16 Å². The molecule has 0 radical (unpaired) electrons. The zero-order chi connectivity index (χ0) is 17.4. The van der Waals surface area contributed by atoms with E-state index in [0.717, 1.165) is 29.5 Å². The van der Waals surface area contributed by atoms with Crippen LogP contribution >= 0.6 is 23.1 Å². The first-order chi connectivity index (χ1) is 11.4. The maximum atomic E-state index is 12.7. The van der Waals surface area contributed by atoms with Crippen molar-refractivity contribution >= 4 is 39.2 Å². The maximum Gasteiger partial charge on any atom is 0.262 e. The van der Waals surface area contributed by atoms with Crippen LogP contribution in [0, 0.1) is 5.92 Å². The van der Waals surface area contributed by atoms with Crippen molar-refractivity contribution in [3.63, 3.8) is 0 Å². The molecule has 0 unspecified atom stereocenters. The van der Waals surface area contributed by atoms with Gasteiger partial charge in [-0.05, 0) is 37.7 Å². The van der Waals surface area contributed by atoms with Crippen LogP contribution in [0.5, 0.6) is 0 Å². The molecule has 1 atom stereocenters. The first kappa shape index (κ1) is 17.5. The molecular weight excluding hydrogens is 342 g/mol. The number of thiophene rings is 1. The molecule has 0 spiro atoms. The van der Waals surface area contributed by atoms with Gasteiger partial charge in [-0.1, -0.05) is 25.6 Å². The Balaban J connectivity index is 1.80. The summed E-state index contributed by atoms with van der Waals surface area (Å²) in [4.78, 5) is 31.5. The molecule has 2 aromatic heterocycles. The highest BCUT2D eigenvalue weighted by molar-refractivity contribution is 7.99. The quantitative estimate of drug-likeness (QED) is 0.654. The molecule has 0 aromatic carbocycles. The minimum Gasteiger partial charge on any atom is -0.353 e. The largest absolute Gasteiger partial charge is 0.353 e. The van der Waals surface area contributed by atoms with Gasteiger partial charge in [-0.3, -0.25) is 14.2 Å². The van der Waals surface area contributed by atoms with E-state index in [2.05, 4.69) is 24.1 Å². The lowest BCUT2D eigenvalue weighted by atomic mass is 10.1. The Hall–Kier alpha value is -1.34. The highest BCUT2D eigenvalue weighted by atomic mass is 32.2. The summed E-state index contributed by atoms with van der Waals surface area (Å²) in [7, 11) is 1.74. The molecular formula is C17H23N3O2S2. The van der Waals surface area contributed by atoms with Gasteiger partial charge in [0.1, 0.15) is 4.83 Å². The molecule has 1 aliphatic rings. The van der Waals surface area contributed by atoms with E-state index in [9.17, 15) is 9.59 Å². The Morgan fingerprint density at radius 1 is 1.38 bits per heavy atom. The van der Waals surface area contributed by atoms with Crippen molar-refractivity contribution in [2.24, 2.45) is 13.0 Å². The minimum absolute atomic E-state index is 0.0119. The summed E-state index contributed by atoms with van der Waals surface area (Å²) >= 11 is 2.96. The van der Waals surface area contributed by atoms with Gasteiger partial charge >= 0.3 is 0 Å². The standard InChI is InChI=1S/C17H23N3O2S2/c1-9(2)10(3)18-13(21)8-23-17-19-15-14(16(22)20(17)4)11-6-5-7-12(11)24-15/h9-10H,5-8H2,1-4H3,(H,18,21)/t10-/m0/s1. The van der Waals surface area contributed by atoms with Gasteiger partial charge in [0.25, 0.3) is 5.56 Å². The van der Waals surface area contributed by atoms with Crippen LogP contribution < -0.4 is 10.9 Å². The molecule has 1 N–H and O–H groups in total. The number of carbonyl (C=O) groups excluding carboxylic acids is 1. The van der Waals surface area contributed by atoms with Crippen molar-refractivity contribution < 1.29 is 4.79 Å². The predicted molar refractivity (Wildman–Crippen MR) is 100 cm³/mol. The fraction of sp³-hybridized carbons (Fsp3) is 0.588. The number of hydrogen-bond acceptors (Lipinski definition) is 5. The minimum atomic E-state index is -0.0239. The summed E-state index contributed by atoms with van der Waals surface area (Å²) in [5, 5.41) is 4.38. The number of hydrogen-bond donors (Lipinski definition) is 1. The molecule has 130 valence electrons. The lowest BCUT2D eigenvalue weighted by Crippen LogP contribution is -2.37. The number of aromatic nitrogens is 2. The zero-order valence-electron chi connectivity index (χ0n) is 14.5. The smallest absolute Gasteiger partial charge is 0.262 e. The second-order valence-corrected chi connectivity index (χ2v) is 8.71. The number of thioether (sulfide) groups is 1. The summed E-state index contributed by atoms with van der Waals surface area (Å²) in [6.07, 6.45) is 3.16. The summed E-state index contributed by atoms with van der Waals surface area (Å²) in [5.41, 5.74) is 1.21. The molecule has 0 aliphatic heterocycles. The summed E-state index contributed by atoms with van der Waals surface area (Å²) in [6.45, 7) is 6.15. The molecule has 2 heterocycles. The van der Waals surface area contributed by atoms with E-state index < -0.39 is 0 Å². The van der Waals surface area contributed by atoms with Crippen LogP contribution in [-0.2, 0) is 24.7 Å². The fourth-order valence-electron chi connectivity index (χ4n) is 2.83. The van der Waals surface area contributed by atoms with E-state index in [4.69, 9.17) is 0 Å². The Morgan fingerprint density at radius 3 is 2.83 bits per heavy atom. The first-order valence-electron chi connectivity index (χ1n) is 8.32. The number of aryl methyl sites for hydroxylation is 2. The monoisotopic (exact) mass is 365 g/mol. The van der Waals surface area contributed by atoms with Crippen LogP contribution in [0.25, 0.3) is 10.2 Å². The number of amides is 1. The summed E-state index contributed by atoms with van der Waals surface area (Å²) in [6, 6.07) is 0.137. The van der Waals surface area contributed by atoms with Gasteiger partial charge in [0.05, 0.1) is 11.1 Å². The normalized spacial score (nSPS) is 15.0. The van der Waals surface area contributed by atoms with Crippen LogP contribution in [0.4, 0.5) is 0 Å². The van der Waals surface area contributed by atoms with E-state index in [1.54, 1.807) is 23.0 Å². The van der Waals surface area contributed by atoms with Gasteiger partial charge in [0.2, 0.25) is 5.91 Å². The van der Waals surface area contributed by atoms with Crippen molar-refractivity contribution in [3.05, 3.63) is 20.8 Å². The molecule has 2 aromatic rings. The van der Waals surface area contributed by atoms with Gasteiger partial charge in [0, 0.05) is 18.0 Å². The SMILES string of the molecule is CC(C)[C@H](C)NC(=O)CSc1nc2sc3c(c2c(=O)n1C)CCC3. The average molecular weight is 366 g/mol. The summed E-state index contributed by atoms with van der Waals surface area (Å²) < 4.78 is 1.58. The Bertz CT molecular complexity index is 838. The van der Waals surface area contributed by atoms with Crippen LogP contribution in [0.3, 0.4) is 0 Å². The highest BCUT2D eigenvalue weighted by Crippen LogP contribution is 2.35. The Morgan fingerprint density at radius 2 is 2.12 bits per heavy atom. The lowest BCUT2D eigenvalue weighted by molar-refractivity contribution is -0.119.